The number of hydrogen-bond donors (Lipinski definition) is 1. The first-order valence-electron chi connectivity index (χ1n) is 5.14. The summed E-state index contributed by atoms with van der Waals surface area (Å²) in [5, 5.41) is 20.1. The van der Waals surface area contributed by atoms with Crippen molar-refractivity contribution in [1.82, 2.24) is 0 Å². The standard InChI is InChI=1S/C11H12ClNO4/c1-2-4-7(11(14)15)10-8(12)5-3-6-9(10)13(16)17/h3,5-7H,2,4H2,1H3,(H,14,15). The predicted octanol–water partition coefficient (Wildman–Crippen LogP) is 3.22. The van der Waals surface area contributed by atoms with Crippen molar-refractivity contribution in [2.45, 2.75) is 25.7 Å². The van der Waals surface area contributed by atoms with Gasteiger partial charge in [-0.15, -0.1) is 0 Å². The molecule has 1 rings (SSSR count). The highest BCUT2D eigenvalue weighted by molar-refractivity contribution is 6.32. The number of carboxylic acid groups (broad SMARTS) is 1. The second-order valence-electron chi connectivity index (χ2n) is 3.61. The SMILES string of the molecule is CCCC(C(=O)O)c1c(Cl)cccc1[N+](=O)[O-]. The predicted molar refractivity (Wildman–Crippen MR) is 63.4 cm³/mol. The molecule has 0 radical (unpaired) electrons. The van der Waals surface area contributed by atoms with Gasteiger partial charge in [-0.1, -0.05) is 31.0 Å². The average molecular weight is 258 g/mol. The molecule has 1 N–H and O–H groups in total. The molecule has 0 fully saturated rings. The van der Waals surface area contributed by atoms with Crippen LogP contribution in [-0.2, 0) is 4.79 Å². The molecule has 1 aromatic carbocycles. The molecule has 0 aliphatic carbocycles. The third-order valence-corrected chi connectivity index (χ3v) is 2.78. The number of nitrogens with zero attached hydrogens (tertiary/aromatic N) is 1. The maximum Gasteiger partial charge on any atom is 0.311 e. The lowest BCUT2D eigenvalue weighted by molar-refractivity contribution is -0.385. The minimum absolute atomic E-state index is 0.0912. The number of nitro benzene ring substituents is 1. The molecule has 1 unspecified atom stereocenters. The molecule has 0 heterocycles. The smallest absolute Gasteiger partial charge is 0.311 e. The molecule has 6 heteroatoms. The van der Waals surface area contributed by atoms with Gasteiger partial charge in [0.15, 0.2) is 0 Å². The minimum atomic E-state index is -1.09. The number of nitro groups is 1. The fraction of sp³-hybridized carbons (Fsp3) is 0.364. The topological polar surface area (TPSA) is 80.4 Å². The van der Waals surface area contributed by atoms with E-state index in [0.29, 0.717) is 12.8 Å². The second kappa shape index (κ2) is 5.63. The van der Waals surface area contributed by atoms with Crippen molar-refractivity contribution >= 4 is 23.3 Å². The monoisotopic (exact) mass is 257 g/mol. The van der Waals surface area contributed by atoms with Gasteiger partial charge >= 0.3 is 5.97 Å². The Kier molecular flexibility index (Phi) is 4.45. The zero-order valence-electron chi connectivity index (χ0n) is 9.22. The van der Waals surface area contributed by atoms with Gasteiger partial charge in [-0.2, -0.15) is 0 Å². The Hall–Kier alpha value is -1.62. The number of benzene rings is 1. The Morgan fingerprint density at radius 2 is 2.24 bits per heavy atom. The Labute approximate surface area is 103 Å². The molecule has 0 aliphatic heterocycles. The van der Waals surface area contributed by atoms with E-state index in [1.54, 1.807) is 0 Å². The molecular weight excluding hydrogens is 246 g/mol. The van der Waals surface area contributed by atoms with Crippen molar-refractivity contribution in [2.24, 2.45) is 0 Å². The van der Waals surface area contributed by atoms with Crippen molar-refractivity contribution in [1.29, 1.82) is 0 Å². The summed E-state index contributed by atoms with van der Waals surface area (Å²) in [5.41, 5.74) is -0.146. The Balaban J connectivity index is 3.34. The van der Waals surface area contributed by atoms with E-state index in [4.69, 9.17) is 16.7 Å². The zero-order valence-corrected chi connectivity index (χ0v) is 9.98. The van der Waals surface area contributed by atoms with Gasteiger partial charge in [-0.3, -0.25) is 14.9 Å². The molecular formula is C11H12ClNO4. The number of carbonyl (C=O) groups is 1. The van der Waals surface area contributed by atoms with Gasteiger partial charge in [0.2, 0.25) is 0 Å². The van der Waals surface area contributed by atoms with E-state index in [9.17, 15) is 14.9 Å². The van der Waals surface area contributed by atoms with Crippen molar-refractivity contribution in [3.63, 3.8) is 0 Å². The van der Waals surface area contributed by atoms with Crippen LogP contribution in [0.25, 0.3) is 0 Å². The molecule has 92 valence electrons. The summed E-state index contributed by atoms with van der Waals surface area (Å²) in [5.74, 6) is -2.03. The lowest BCUT2D eigenvalue weighted by Gasteiger charge is -2.13. The molecule has 0 spiro atoms. The van der Waals surface area contributed by atoms with E-state index < -0.39 is 16.8 Å². The van der Waals surface area contributed by atoms with Crippen LogP contribution < -0.4 is 0 Å². The van der Waals surface area contributed by atoms with Gasteiger partial charge in [0, 0.05) is 6.07 Å². The summed E-state index contributed by atoms with van der Waals surface area (Å²) >= 11 is 5.88. The van der Waals surface area contributed by atoms with Crippen LogP contribution in [0.5, 0.6) is 0 Å². The number of halogens is 1. The lowest BCUT2D eigenvalue weighted by Crippen LogP contribution is -2.13. The molecule has 0 saturated carbocycles. The molecule has 0 bridgehead atoms. The summed E-state index contributed by atoms with van der Waals surface area (Å²) in [6.07, 6.45) is 0.930. The van der Waals surface area contributed by atoms with Crippen LogP contribution in [-0.4, -0.2) is 16.0 Å². The third-order valence-electron chi connectivity index (χ3n) is 2.45. The lowest BCUT2D eigenvalue weighted by atomic mass is 9.93. The van der Waals surface area contributed by atoms with Gasteiger partial charge < -0.3 is 5.11 Å². The van der Waals surface area contributed by atoms with Crippen LogP contribution in [0.4, 0.5) is 5.69 Å². The quantitative estimate of drug-likeness (QED) is 0.649. The fourth-order valence-corrected chi connectivity index (χ4v) is 2.01. The first-order chi connectivity index (χ1) is 7.99. The maximum atomic E-state index is 11.1. The number of carboxylic acids is 1. The van der Waals surface area contributed by atoms with E-state index in [0.717, 1.165) is 0 Å². The third kappa shape index (κ3) is 2.94. The summed E-state index contributed by atoms with van der Waals surface area (Å²) in [4.78, 5) is 21.4. The van der Waals surface area contributed by atoms with Gasteiger partial charge in [-0.05, 0) is 12.5 Å². The summed E-state index contributed by atoms with van der Waals surface area (Å²) in [6.45, 7) is 1.82. The molecule has 0 aromatic heterocycles. The van der Waals surface area contributed by atoms with Gasteiger partial charge in [0.1, 0.15) is 0 Å². The molecule has 0 saturated heterocycles. The summed E-state index contributed by atoms with van der Waals surface area (Å²) in [6, 6.07) is 4.18. The van der Waals surface area contributed by atoms with Crippen LogP contribution in [0.2, 0.25) is 5.02 Å². The van der Waals surface area contributed by atoms with E-state index in [-0.39, 0.29) is 16.3 Å². The van der Waals surface area contributed by atoms with Crippen LogP contribution in [0.15, 0.2) is 18.2 Å². The first-order valence-corrected chi connectivity index (χ1v) is 5.52. The van der Waals surface area contributed by atoms with E-state index in [1.807, 2.05) is 6.92 Å². The Morgan fingerprint density at radius 1 is 1.59 bits per heavy atom. The van der Waals surface area contributed by atoms with Crippen LogP contribution >= 0.6 is 11.6 Å². The molecule has 5 nitrogen and oxygen atoms in total. The molecule has 17 heavy (non-hydrogen) atoms. The molecule has 1 aromatic rings. The van der Waals surface area contributed by atoms with Gasteiger partial charge in [-0.25, -0.2) is 0 Å². The molecule has 0 aliphatic rings. The average Bonchev–Trinajstić information content (AvgIpc) is 2.25. The van der Waals surface area contributed by atoms with Crippen LogP contribution in [0.1, 0.15) is 31.2 Å². The first kappa shape index (κ1) is 13.4. The van der Waals surface area contributed by atoms with Crippen molar-refractivity contribution in [2.75, 3.05) is 0 Å². The highest BCUT2D eigenvalue weighted by atomic mass is 35.5. The number of hydrogen-bond acceptors (Lipinski definition) is 3. The normalized spacial score (nSPS) is 12.1. The van der Waals surface area contributed by atoms with Crippen molar-refractivity contribution < 1.29 is 14.8 Å². The maximum absolute atomic E-state index is 11.1. The number of aliphatic carboxylic acids is 1. The van der Waals surface area contributed by atoms with Crippen molar-refractivity contribution in [3.05, 3.63) is 38.9 Å². The van der Waals surface area contributed by atoms with Gasteiger partial charge in [0.05, 0.1) is 21.4 Å². The molecule has 0 amide bonds. The second-order valence-corrected chi connectivity index (χ2v) is 4.02. The largest absolute Gasteiger partial charge is 0.481 e. The minimum Gasteiger partial charge on any atom is -0.481 e. The highest BCUT2D eigenvalue weighted by Crippen LogP contribution is 2.35. The van der Waals surface area contributed by atoms with Crippen LogP contribution in [0.3, 0.4) is 0 Å². The van der Waals surface area contributed by atoms with E-state index in [2.05, 4.69) is 0 Å². The molecule has 1 atom stereocenters. The van der Waals surface area contributed by atoms with E-state index in [1.165, 1.54) is 18.2 Å². The summed E-state index contributed by atoms with van der Waals surface area (Å²) in [7, 11) is 0. The summed E-state index contributed by atoms with van der Waals surface area (Å²) < 4.78 is 0. The van der Waals surface area contributed by atoms with Crippen LogP contribution in [0, 0.1) is 10.1 Å². The Bertz CT molecular complexity index is 447. The fourth-order valence-electron chi connectivity index (χ4n) is 1.71. The van der Waals surface area contributed by atoms with E-state index >= 15 is 0 Å². The highest BCUT2D eigenvalue weighted by Gasteiger charge is 2.29. The zero-order chi connectivity index (χ0) is 13.0. The number of rotatable bonds is 5. The Morgan fingerprint density at radius 3 is 2.71 bits per heavy atom. The van der Waals surface area contributed by atoms with Crippen molar-refractivity contribution in [3.8, 4) is 0 Å². The van der Waals surface area contributed by atoms with Gasteiger partial charge in [0.25, 0.3) is 5.69 Å².